The van der Waals surface area contributed by atoms with E-state index in [-0.39, 0.29) is 46.2 Å². The molecule has 2 aliphatic carbocycles. The first-order valence-corrected chi connectivity index (χ1v) is 11.7. The molecule has 6 N–H and O–H groups in total. The maximum atomic E-state index is 13.3. The highest BCUT2D eigenvalue weighted by Crippen LogP contribution is 2.51. The summed E-state index contributed by atoms with van der Waals surface area (Å²) in [5, 5.41) is 43.8. The van der Waals surface area contributed by atoms with Gasteiger partial charge >= 0.3 is 0 Å². The second-order valence-electron chi connectivity index (χ2n) is 9.80. The number of hydrogen-bond donors (Lipinski definition) is 5. The van der Waals surface area contributed by atoms with Crippen molar-refractivity contribution in [2.45, 2.75) is 69.4 Å². The van der Waals surface area contributed by atoms with Gasteiger partial charge in [-0.25, -0.2) is 0 Å². The van der Waals surface area contributed by atoms with E-state index in [9.17, 15) is 34.8 Å². The van der Waals surface area contributed by atoms with Gasteiger partial charge in [-0.05, 0) is 13.8 Å². The van der Waals surface area contributed by atoms with Gasteiger partial charge in [-0.2, -0.15) is 0 Å². The number of ether oxygens (including phenoxy) is 2. The molecule has 6 atom stereocenters. The number of aliphatic hydroxyl groups is 2. The van der Waals surface area contributed by atoms with Crippen molar-refractivity contribution in [3.63, 3.8) is 0 Å². The Balaban J connectivity index is 1.66. The van der Waals surface area contributed by atoms with Crippen molar-refractivity contribution in [3.8, 4) is 11.5 Å². The van der Waals surface area contributed by atoms with E-state index in [0.717, 1.165) is 0 Å². The zero-order valence-electron chi connectivity index (χ0n) is 19.7. The number of phenols is 2. The van der Waals surface area contributed by atoms with Crippen molar-refractivity contribution >= 4 is 17.3 Å². The maximum absolute atomic E-state index is 13.3. The Bertz CT molecular complexity index is 1290. The maximum Gasteiger partial charge on any atom is 0.198 e. The van der Waals surface area contributed by atoms with Gasteiger partial charge in [0.25, 0.3) is 0 Å². The second-order valence-corrected chi connectivity index (χ2v) is 9.80. The van der Waals surface area contributed by atoms with Crippen molar-refractivity contribution in [3.05, 3.63) is 57.6 Å². The molecule has 3 aliphatic rings. The number of fused-ring (bicyclic) bond motifs is 3. The van der Waals surface area contributed by atoms with Crippen LogP contribution in [0.4, 0.5) is 0 Å². The number of carbonyl (C=O) groups is 3. The molecule has 0 bridgehead atoms. The molecule has 0 aromatic heterocycles. The summed E-state index contributed by atoms with van der Waals surface area (Å²) in [6, 6.07) is 5.40. The van der Waals surface area contributed by atoms with Crippen LogP contribution in [0.2, 0.25) is 0 Å². The third-order valence-corrected chi connectivity index (χ3v) is 7.50. The van der Waals surface area contributed by atoms with Gasteiger partial charge in [-0.1, -0.05) is 24.3 Å². The summed E-state index contributed by atoms with van der Waals surface area (Å²) < 4.78 is 11.8. The molecule has 36 heavy (non-hydrogen) atoms. The van der Waals surface area contributed by atoms with Crippen LogP contribution in [0.3, 0.4) is 0 Å². The minimum absolute atomic E-state index is 0.00588. The molecule has 1 fully saturated rings. The summed E-state index contributed by atoms with van der Waals surface area (Å²) in [6.45, 7) is 2.80. The number of Topliss-reactive ketones (excluding diaryl/α,β-unsaturated/α-hetero) is 1. The van der Waals surface area contributed by atoms with Gasteiger partial charge in [0.1, 0.15) is 17.1 Å². The zero-order valence-corrected chi connectivity index (χ0v) is 19.7. The van der Waals surface area contributed by atoms with Crippen LogP contribution in [-0.2, 0) is 20.7 Å². The molecule has 2 aromatic rings. The van der Waals surface area contributed by atoms with Crippen molar-refractivity contribution in [1.82, 2.24) is 0 Å². The molecule has 10 heteroatoms. The monoisotopic (exact) mass is 497 g/mol. The molecule has 0 spiro atoms. The first-order chi connectivity index (χ1) is 16.9. The molecular formula is C26H27NO9. The number of hydrogen-bond acceptors (Lipinski definition) is 10. The fourth-order valence-electron chi connectivity index (χ4n) is 5.42. The molecule has 190 valence electrons. The highest BCUT2D eigenvalue weighted by molar-refractivity contribution is 6.30. The molecule has 1 heterocycles. The lowest BCUT2D eigenvalue weighted by atomic mass is 9.72. The smallest absolute Gasteiger partial charge is 0.198 e. The molecule has 0 radical (unpaired) electrons. The van der Waals surface area contributed by atoms with Crippen molar-refractivity contribution < 1.29 is 44.3 Å². The number of nitrogens with two attached hydrogens (primary N) is 1. The number of ketones is 3. The highest BCUT2D eigenvalue weighted by Gasteiger charge is 2.49. The fraction of sp³-hybridized carbons (Fsp3) is 0.423. The largest absolute Gasteiger partial charge is 0.507 e. The van der Waals surface area contributed by atoms with E-state index in [4.69, 9.17) is 15.2 Å². The summed E-state index contributed by atoms with van der Waals surface area (Å²) in [5.74, 6) is -3.06. The average Bonchev–Trinajstić information content (AvgIpc) is 2.82. The van der Waals surface area contributed by atoms with Crippen LogP contribution in [0.1, 0.15) is 75.8 Å². The van der Waals surface area contributed by atoms with Crippen LogP contribution < -0.4 is 5.73 Å². The van der Waals surface area contributed by atoms with E-state index in [0.29, 0.717) is 0 Å². The standard InChI is InChI=1S/C26H27NO9/c1-10-21(29)15(27)7-17(35-10)36-16-9-26(34,11(2)28)8-14-18(16)25(33)20-19(24(14)32)22(30)12-5-3-4-6-13(12)23(20)31/h3-6,10,15-17,21,29,32-34H,7-9,27H2,1-2H3/t10-,15-,16+,17-,21+,26-/m0/s1. The lowest BCUT2D eigenvalue weighted by molar-refractivity contribution is -0.247. The predicted molar refractivity (Wildman–Crippen MR) is 124 cm³/mol. The molecule has 10 nitrogen and oxygen atoms in total. The van der Waals surface area contributed by atoms with E-state index in [1.807, 2.05) is 0 Å². The zero-order chi connectivity index (χ0) is 26.1. The molecule has 1 aliphatic heterocycles. The second kappa shape index (κ2) is 8.46. The fourth-order valence-corrected chi connectivity index (χ4v) is 5.42. The van der Waals surface area contributed by atoms with E-state index < -0.39 is 71.5 Å². The summed E-state index contributed by atoms with van der Waals surface area (Å²) in [4.78, 5) is 39.0. The number of carbonyl (C=O) groups excluding carboxylic acids is 3. The number of aliphatic hydroxyl groups excluding tert-OH is 1. The van der Waals surface area contributed by atoms with Crippen LogP contribution >= 0.6 is 0 Å². The van der Waals surface area contributed by atoms with E-state index in [1.54, 1.807) is 19.1 Å². The Morgan fingerprint density at radius 2 is 1.69 bits per heavy atom. The van der Waals surface area contributed by atoms with Gasteiger partial charge in [-0.3, -0.25) is 14.4 Å². The average molecular weight is 498 g/mol. The van der Waals surface area contributed by atoms with E-state index in [2.05, 4.69) is 0 Å². The van der Waals surface area contributed by atoms with Gasteiger partial charge in [-0.15, -0.1) is 0 Å². The SMILES string of the molecule is CC(=O)[C@]1(O)Cc2c(O)c3c(c(O)c2[C@H](O[C@H]2C[C@H](N)[C@H](O)[C@H](C)O2)C1)C(=O)c1ccccc1C3=O. The van der Waals surface area contributed by atoms with Crippen LogP contribution in [0.25, 0.3) is 0 Å². The Kier molecular flexibility index (Phi) is 5.77. The Morgan fingerprint density at radius 3 is 2.25 bits per heavy atom. The number of benzene rings is 2. The third-order valence-electron chi connectivity index (χ3n) is 7.50. The highest BCUT2D eigenvalue weighted by atomic mass is 16.7. The first-order valence-electron chi connectivity index (χ1n) is 11.7. The quantitative estimate of drug-likeness (QED) is 0.328. The first kappa shape index (κ1) is 24.5. The molecule has 1 saturated heterocycles. The molecule has 0 saturated carbocycles. The minimum Gasteiger partial charge on any atom is -0.507 e. The van der Waals surface area contributed by atoms with E-state index in [1.165, 1.54) is 19.1 Å². The predicted octanol–water partition coefficient (Wildman–Crippen LogP) is 1.02. The molecule has 0 amide bonds. The van der Waals surface area contributed by atoms with Crippen LogP contribution in [-0.4, -0.2) is 67.9 Å². The minimum atomic E-state index is -1.97. The summed E-state index contributed by atoms with van der Waals surface area (Å²) in [7, 11) is 0. The van der Waals surface area contributed by atoms with Crippen molar-refractivity contribution in [2.24, 2.45) is 5.73 Å². The van der Waals surface area contributed by atoms with Crippen LogP contribution in [0.15, 0.2) is 24.3 Å². The number of rotatable bonds is 3. The van der Waals surface area contributed by atoms with E-state index >= 15 is 0 Å². The lowest BCUT2D eigenvalue weighted by Gasteiger charge is -2.42. The molecular weight excluding hydrogens is 470 g/mol. The molecule has 2 aromatic carbocycles. The van der Waals surface area contributed by atoms with Gasteiger partial charge in [0.2, 0.25) is 0 Å². The molecule has 0 unspecified atom stereocenters. The van der Waals surface area contributed by atoms with Gasteiger partial charge in [0, 0.05) is 47.6 Å². The van der Waals surface area contributed by atoms with Gasteiger partial charge in [0.05, 0.1) is 29.4 Å². The summed E-state index contributed by atoms with van der Waals surface area (Å²) in [5.41, 5.74) is 3.38. The van der Waals surface area contributed by atoms with Gasteiger partial charge < -0.3 is 35.6 Å². The Labute approximate surface area is 206 Å². The Hall–Kier alpha value is -3.15. The number of phenolic OH excluding ortho intramolecular Hbond substituents is 2. The summed E-state index contributed by atoms with van der Waals surface area (Å²) >= 11 is 0. The van der Waals surface area contributed by atoms with Crippen molar-refractivity contribution in [1.29, 1.82) is 0 Å². The number of aromatic hydroxyl groups is 2. The lowest BCUT2D eigenvalue weighted by Crippen LogP contribution is -2.52. The van der Waals surface area contributed by atoms with Gasteiger partial charge in [0.15, 0.2) is 23.6 Å². The summed E-state index contributed by atoms with van der Waals surface area (Å²) in [6.07, 6.45) is -4.38. The normalized spacial score (nSPS) is 31.4. The van der Waals surface area contributed by atoms with Crippen LogP contribution in [0, 0.1) is 0 Å². The molecule has 5 rings (SSSR count). The topological polar surface area (TPSA) is 177 Å². The Morgan fingerprint density at radius 1 is 1.11 bits per heavy atom. The van der Waals surface area contributed by atoms with Crippen LogP contribution in [0.5, 0.6) is 11.5 Å². The van der Waals surface area contributed by atoms with Crippen molar-refractivity contribution in [2.75, 3.05) is 0 Å². The third kappa shape index (κ3) is 3.56.